The van der Waals surface area contributed by atoms with Gasteiger partial charge in [0.1, 0.15) is 35.4 Å². The Morgan fingerprint density at radius 2 is 1.77 bits per heavy atom. The van der Waals surface area contributed by atoms with Gasteiger partial charge in [0.05, 0.1) is 35.9 Å². The van der Waals surface area contributed by atoms with E-state index in [2.05, 4.69) is 6.58 Å². The number of methoxy groups -OCH3 is 1. The molecule has 0 N–H and O–H groups in total. The van der Waals surface area contributed by atoms with Crippen LogP contribution in [0.3, 0.4) is 0 Å². The first-order valence-corrected chi connectivity index (χ1v) is 17.0. The predicted octanol–water partition coefficient (Wildman–Crippen LogP) is 5.34. The molecule has 11 heteroatoms. The number of carbonyl (C=O) groups excluding carboxylic acids is 2. The Kier molecular flexibility index (Phi) is 8.84. The molecule has 1 aromatic heterocycles. The molecular weight excluding hydrogens is 628 g/mol. The highest BCUT2D eigenvalue weighted by Gasteiger charge is 2.45. The summed E-state index contributed by atoms with van der Waals surface area (Å²) in [7, 11) is -1.94. The predicted molar refractivity (Wildman–Crippen MR) is 182 cm³/mol. The fraction of sp³-hybridized carbons (Fsp3) is 0.189. The third-order valence-corrected chi connectivity index (χ3v) is 10.1. The molecule has 6 rings (SSSR count). The van der Waals surface area contributed by atoms with Crippen molar-refractivity contribution in [1.82, 2.24) is 14.7 Å². The van der Waals surface area contributed by atoms with Crippen molar-refractivity contribution in [3.05, 3.63) is 119 Å². The van der Waals surface area contributed by atoms with Gasteiger partial charge < -0.3 is 9.47 Å². The van der Waals surface area contributed by atoms with Crippen LogP contribution in [0.15, 0.2) is 103 Å². The summed E-state index contributed by atoms with van der Waals surface area (Å²) in [5.41, 5.74) is 3.92. The van der Waals surface area contributed by atoms with Gasteiger partial charge in [-0.25, -0.2) is 13.1 Å². The van der Waals surface area contributed by atoms with Gasteiger partial charge in [-0.15, -0.1) is 0 Å². The third-order valence-electron chi connectivity index (χ3n) is 8.35. The number of nitriles is 1. The molecular formula is C37H32N4O6S. The number of benzene rings is 3. The van der Waals surface area contributed by atoms with Gasteiger partial charge in [-0.3, -0.25) is 14.5 Å². The maximum Gasteiger partial charge on any atom is 0.272 e. The van der Waals surface area contributed by atoms with E-state index in [0.29, 0.717) is 34.9 Å². The number of rotatable bonds is 9. The second kappa shape index (κ2) is 13.2. The van der Waals surface area contributed by atoms with Crippen LogP contribution in [-0.4, -0.2) is 66.2 Å². The lowest BCUT2D eigenvalue weighted by molar-refractivity contribution is -0.142. The Hall–Kier alpha value is -5.73. The number of aromatic nitrogens is 2. The lowest BCUT2D eigenvalue weighted by Crippen LogP contribution is -2.49. The number of nitrogens with zero attached hydrogens (tertiary/aromatic N) is 4. The van der Waals surface area contributed by atoms with E-state index >= 15 is 0 Å². The van der Waals surface area contributed by atoms with Crippen LogP contribution in [0.2, 0.25) is 0 Å². The second-order valence-corrected chi connectivity index (χ2v) is 13.7. The largest absolute Gasteiger partial charge is 0.497 e. The van der Waals surface area contributed by atoms with E-state index in [-0.39, 0.29) is 34.6 Å². The number of hydrogen-bond acceptors (Lipinski definition) is 8. The first kappa shape index (κ1) is 32.2. The fourth-order valence-corrected chi connectivity index (χ4v) is 7.71. The Bertz CT molecular complexity index is 2140. The summed E-state index contributed by atoms with van der Waals surface area (Å²) in [6, 6.07) is 22.9. The maximum absolute atomic E-state index is 14.5. The van der Waals surface area contributed by atoms with Gasteiger partial charge in [-0.2, -0.15) is 10.4 Å². The standard InChI is InChI=1S/C37H32N4O6S/c1-4-17-47-30-14-15-31(24(2)19-30)35-26(22-40(39-35)27-8-6-5-7-9-27)20-32-34(25-10-12-29(46-3)13-11-25)33(21-38)37(43)41(36(32)42)28-16-18-48(44,45)23-28/h4-15,19-20,22,28H,1,16-18,23H2,2-3H3/b32-20-. The first-order valence-electron chi connectivity index (χ1n) is 15.2. The van der Waals surface area contributed by atoms with Gasteiger partial charge in [0.25, 0.3) is 11.8 Å². The van der Waals surface area contributed by atoms with E-state index in [1.807, 2.05) is 61.5 Å². The second-order valence-electron chi connectivity index (χ2n) is 11.5. The Balaban J connectivity index is 1.59. The molecule has 1 atom stereocenters. The van der Waals surface area contributed by atoms with Crippen molar-refractivity contribution in [3.8, 4) is 34.5 Å². The van der Waals surface area contributed by atoms with E-state index in [1.54, 1.807) is 47.3 Å². The van der Waals surface area contributed by atoms with Gasteiger partial charge in [0, 0.05) is 22.9 Å². The molecule has 10 nitrogen and oxygen atoms in total. The number of para-hydroxylation sites is 1. The van der Waals surface area contributed by atoms with Gasteiger partial charge >= 0.3 is 0 Å². The van der Waals surface area contributed by atoms with Gasteiger partial charge in [0.15, 0.2) is 9.84 Å². The van der Waals surface area contributed by atoms with Crippen molar-refractivity contribution in [2.45, 2.75) is 19.4 Å². The smallest absolute Gasteiger partial charge is 0.272 e. The van der Waals surface area contributed by atoms with E-state index in [0.717, 1.165) is 21.7 Å². The average Bonchev–Trinajstić information content (AvgIpc) is 3.67. The number of sulfone groups is 1. The summed E-state index contributed by atoms with van der Waals surface area (Å²) >= 11 is 0. The average molecular weight is 661 g/mol. The molecule has 2 aliphatic rings. The van der Waals surface area contributed by atoms with Crippen LogP contribution in [0.25, 0.3) is 28.6 Å². The molecule has 0 spiro atoms. The van der Waals surface area contributed by atoms with E-state index in [1.165, 1.54) is 7.11 Å². The van der Waals surface area contributed by atoms with Gasteiger partial charge in [-0.05, 0) is 73.0 Å². The number of amides is 2. The van der Waals surface area contributed by atoms with Crippen LogP contribution >= 0.6 is 0 Å². The number of aryl methyl sites for hydroxylation is 1. The van der Waals surface area contributed by atoms with Crippen molar-refractivity contribution < 1.29 is 27.5 Å². The molecule has 0 aliphatic carbocycles. The minimum absolute atomic E-state index is 0.0677. The monoisotopic (exact) mass is 660 g/mol. The Morgan fingerprint density at radius 1 is 1.04 bits per heavy atom. The quantitative estimate of drug-likeness (QED) is 0.134. The molecule has 0 radical (unpaired) electrons. The number of hydrogen-bond donors (Lipinski definition) is 0. The van der Waals surface area contributed by atoms with Crippen molar-refractivity contribution in [2.24, 2.45) is 0 Å². The SMILES string of the molecule is C=CCOc1ccc(-c2nn(-c3ccccc3)cc2/C=C2\C(=O)N(C3CCS(=O)(=O)C3)C(=O)C(C#N)=C2c2ccc(OC)cc2)c(C)c1. The van der Waals surface area contributed by atoms with Crippen molar-refractivity contribution >= 4 is 33.3 Å². The van der Waals surface area contributed by atoms with E-state index < -0.39 is 27.7 Å². The summed E-state index contributed by atoms with van der Waals surface area (Å²) in [6.45, 7) is 5.98. The van der Waals surface area contributed by atoms with E-state index in [9.17, 15) is 23.3 Å². The highest BCUT2D eigenvalue weighted by molar-refractivity contribution is 7.91. The molecule has 1 unspecified atom stereocenters. The zero-order valence-corrected chi connectivity index (χ0v) is 27.2. The molecule has 0 saturated carbocycles. The molecule has 2 aliphatic heterocycles. The molecule has 0 bridgehead atoms. The first-order chi connectivity index (χ1) is 23.1. The van der Waals surface area contributed by atoms with Gasteiger partial charge in [0.2, 0.25) is 0 Å². The van der Waals surface area contributed by atoms with Crippen molar-refractivity contribution in [1.29, 1.82) is 5.26 Å². The lowest BCUT2D eigenvalue weighted by Gasteiger charge is -2.32. The number of carbonyl (C=O) groups is 2. The van der Waals surface area contributed by atoms with Crippen molar-refractivity contribution in [3.63, 3.8) is 0 Å². The summed E-state index contributed by atoms with van der Waals surface area (Å²) < 4.78 is 37.6. The Labute approximate surface area is 278 Å². The molecule has 1 saturated heterocycles. The van der Waals surface area contributed by atoms with Crippen LogP contribution < -0.4 is 9.47 Å². The van der Waals surface area contributed by atoms with Crippen molar-refractivity contribution in [2.75, 3.05) is 25.2 Å². The van der Waals surface area contributed by atoms with E-state index in [4.69, 9.17) is 14.6 Å². The normalized spacial score (nSPS) is 18.2. The van der Waals surface area contributed by atoms with Gasteiger partial charge in [-0.1, -0.05) is 43.0 Å². The molecule has 242 valence electrons. The number of ether oxygens (including phenoxy) is 2. The fourth-order valence-electron chi connectivity index (χ4n) is 6.01. The highest BCUT2D eigenvalue weighted by Crippen LogP contribution is 2.39. The lowest BCUT2D eigenvalue weighted by atomic mass is 9.86. The maximum atomic E-state index is 14.5. The molecule has 2 amide bonds. The minimum atomic E-state index is -3.46. The van der Waals surface area contributed by atoms with Crippen LogP contribution in [0.4, 0.5) is 0 Å². The molecule has 1 fully saturated rings. The van der Waals surface area contributed by atoms with Crippen LogP contribution in [-0.2, 0) is 19.4 Å². The Morgan fingerprint density at radius 3 is 2.40 bits per heavy atom. The highest BCUT2D eigenvalue weighted by atomic mass is 32.2. The zero-order chi connectivity index (χ0) is 34.0. The van der Waals surface area contributed by atoms with Crippen LogP contribution in [0.5, 0.6) is 11.5 Å². The summed E-state index contributed by atoms with van der Waals surface area (Å²) in [4.78, 5) is 29.3. The summed E-state index contributed by atoms with van der Waals surface area (Å²) in [5.74, 6) is -0.800. The number of imide groups is 1. The van der Waals surface area contributed by atoms with Crippen LogP contribution in [0.1, 0.15) is 23.1 Å². The topological polar surface area (TPSA) is 132 Å². The molecule has 3 aromatic carbocycles. The molecule has 48 heavy (non-hydrogen) atoms. The summed E-state index contributed by atoms with van der Waals surface area (Å²) in [6.07, 6.45) is 5.17. The zero-order valence-electron chi connectivity index (χ0n) is 26.4. The molecule has 4 aromatic rings. The van der Waals surface area contributed by atoms with Crippen LogP contribution in [0, 0.1) is 18.3 Å². The third kappa shape index (κ3) is 6.18. The molecule has 3 heterocycles. The summed E-state index contributed by atoms with van der Waals surface area (Å²) in [5, 5.41) is 15.3. The minimum Gasteiger partial charge on any atom is -0.497 e.